The van der Waals surface area contributed by atoms with Crippen LogP contribution < -0.4 is 5.32 Å². The van der Waals surface area contributed by atoms with E-state index in [0.29, 0.717) is 19.5 Å². The maximum absolute atomic E-state index is 12.0. The zero-order valence-electron chi connectivity index (χ0n) is 12.3. The lowest BCUT2D eigenvalue weighted by atomic mass is 10.2. The second-order valence-electron chi connectivity index (χ2n) is 5.38. The highest BCUT2D eigenvalue weighted by molar-refractivity contribution is 7.91. The molecule has 1 amide bonds. The summed E-state index contributed by atoms with van der Waals surface area (Å²) in [6, 6.07) is 9.70. The van der Waals surface area contributed by atoms with E-state index in [4.69, 9.17) is 0 Å². The summed E-state index contributed by atoms with van der Waals surface area (Å²) in [5, 5.41) is 2.88. The summed E-state index contributed by atoms with van der Waals surface area (Å²) in [6.45, 7) is 3.39. The quantitative estimate of drug-likeness (QED) is 0.844. The summed E-state index contributed by atoms with van der Waals surface area (Å²) < 4.78 is 23.1. The van der Waals surface area contributed by atoms with Gasteiger partial charge < -0.3 is 5.32 Å². The number of rotatable bonds is 6. The van der Waals surface area contributed by atoms with Crippen molar-refractivity contribution in [2.24, 2.45) is 0 Å². The molecule has 1 aromatic carbocycles. The molecule has 1 aromatic rings. The van der Waals surface area contributed by atoms with E-state index in [-0.39, 0.29) is 30.0 Å². The van der Waals surface area contributed by atoms with E-state index in [0.717, 1.165) is 5.56 Å². The van der Waals surface area contributed by atoms with Gasteiger partial charge >= 0.3 is 0 Å². The first kappa shape index (κ1) is 16.0. The molecule has 0 aromatic heterocycles. The van der Waals surface area contributed by atoms with Crippen molar-refractivity contribution in [3.63, 3.8) is 0 Å². The Hall–Kier alpha value is -1.40. The fourth-order valence-electron chi connectivity index (χ4n) is 2.60. The highest BCUT2D eigenvalue weighted by Crippen LogP contribution is 2.17. The number of hydrogen-bond acceptors (Lipinski definition) is 4. The van der Waals surface area contributed by atoms with Crippen LogP contribution in [0.15, 0.2) is 30.3 Å². The fraction of sp³-hybridized carbons (Fsp3) is 0.533. The van der Waals surface area contributed by atoms with Crippen molar-refractivity contribution >= 4 is 15.7 Å². The third kappa shape index (κ3) is 4.82. The summed E-state index contributed by atoms with van der Waals surface area (Å²) >= 11 is 0. The lowest BCUT2D eigenvalue weighted by Gasteiger charge is -2.25. The van der Waals surface area contributed by atoms with Crippen molar-refractivity contribution in [2.75, 3.05) is 24.6 Å². The molecule has 1 heterocycles. The predicted octanol–water partition coefficient (Wildman–Crippen LogP) is 0.812. The smallest absolute Gasteiger partial charge is 0.234 e. The van der Waals surface area contributed by atoms with Crippen LogP contribution in [0.25, 0.3) is 0 Å². The van der Waals surface area contributed by atoms with Crippen molar-refractivity contribution in [3.8, 4) is 0 Å². The van der Waals surface area contributed by atoms with Crippen LogP contribution in [-0.4, -0.2) is 49.9 Å². The molecular weight excluding hydrogens is 288 g/mol. The molecule has 1 aliphatic rings. The third-order valence-corrected chi connectivity index (χ3v) is 5.56. The third-order valence-electron chi connectivity index (χ3n) is 3.81. The van der Waals surface area contributed by atoms with E-state index in [1.807, 2.05) is 42.2 Å². The molecule has 1 unspecified atom stereocenters. The molecule has 0 spiro atoms. The number of sulfone groups is 1. The zero-order valence-corrected chi connectivity index (χ0v) is 13.1. The summed E-state index contributed by atoms with van der Waals surface area (Å²) in [4.78, 5) is 14.0. The molecule has 6 heteroatoms. The van der Waals surface area contributed by atoms with Crippen LogP contribution in [-0.2, 0) is 21.2 Å². The Labute approximate surface area is 126 Å². The number of benzene rings is 1. The van der Waals surface area contributed by atoms with E-state index in [1.54, 1.807) is 0 Å². The molecule has 1 aliphatic heterocycles. The van der Waals surface area contributed by atoms with Gasteiger partial charge in [-0.05, 0) is 18.5 Å². The Kier molecular flexibility index (Phi) is 5.36. The number of amides is 1. The van der Waals surface area contributed by atoms with Gasteiger partial charge in [-0.3, -0.25) is 9.69 Å². The van der Waals surface area contributed by atoms with Crippen molar-refractivity contribution in [1.29, 1.82) is 0 Å². The number of nitrogens with one attached hydrogen (secondary N) is 1. The van der Waals surface area contributed by atoms with Gasteiger partial charge in [0.2, 0.25) is 5.91 Å². The molecule has 0 bridgehead atoms. The van der Waals surface area contributed by atoms with Gasteiger partial charge in [-0.2, -0.15) is 0 Å². The second kappa shape index (κ2) is 7.04. The van der Waals surface area contributed by atoms with Gasteiger partial charge in [0, 0.05) is 12.6 Å². The van der Waals surface area contributed by atoms with E-state index in [9.17, 15) is 13.2 Å². The van der Waals surface area contributed by atoms with Crippen molar-refractivity contribution in [2.45, 2.75) is 25.9 Å². The van der Waals surface area contributed by atoms with E-state index in [1.165, 1.54) is 0 Å². The van der Waals surface area contributed by atoms with Gasteiger partial charge in [0.25, 0.3) is 0 Å². The van der Waals surface area contributed by atoms with E-state index >= 15 is 0 Å². The van der Waals surface area contributed by atoms with Crippen LogP contribution in [0.5, 0.6) is 0 Å². The molecule has 0 aliphatic carbocycles. The predicted molar refractivity (Wildman–Crippen MR) is 82.6 cm³/mol. The maximum atomic E-state index is 12.0. The molecule has 0 saturated carbocycles. The zero-order chi connectivity index (χ0) is 15.3. The van der Waals surface area contributed by atoms with Crippen LogP contribution in [0, 0.1) is 0 Å². The highest BCUT2D eigenvalue weighted by Gasteiger charge is 2.32. The van der Waals surface area contributed by atoms with E-state index < -0.39 is 9.84 Å². The Morgan fingerprint density at radius 2 is 2.05 bits per heavy atom. The van der Waals surface area contributed by atoms with Crippen LogP contribution in [0.4, 0.5) is 0 Å². The standard InChI is InChI=1S/C15H22N2O3S/c1-2-17(14-8-9-21(19,20)12-14)11-15(18)16-10-13-6-4-3-5-7-13/h3-7,14H,2,8-12H2,1H3,(H,16,18). The van der Waals surface area contributed by atoms with Crippen molar-refractivity contribution in [3.05, 3.63) is 35.9 Å². The number of carbonyl (C=O) groups is 1. The van der Waals surface area contributed by atoms with Gasteiger partial charge in [0.15, 0.2) is 9.84 Å². The Bertz CT molecular complexity index is 572. The molecule has 2 rings (SSSR count). The maximum Gasteiger partial charge on any atom is 0.234 e. The van der Waals surface area contributed by atoms with Gasteiger partial charge in [-0.1, -0.05) is 37.3 Å². The van der Waals surface area contributed by atoms with E-state index in [2.05, 4.69) is 5.32 Å². The molecule has 21 heavy (non-hydrogen) atoms. The topological polar surface area (TPSA) is 66.5 Å². The largest absolute Gasteiger partial charge is 0.351 e. The number of carbonyl (C=O) groups excluding carboxylic acids is 1. The summed E-state index contributed by atoms with van der Waals surface area (Å²) in [5.41, 5.74) is 1.05. The summed E-state index contributed by atoms with van der Waals surface area (Å²) in [7, 11) is -2.92. The number of hydrogen-bond donors (Lipinski definition) is 1. The van der Waals surface area contributed by atoms with Crippen LogP contribution >= 0.6 is 0 Å². The molecule has 0 radical (unpaired) electrons. The SMILES string of the molecule is CCN(CC(=O)NCc1ccccc1)C1CCS(=O)(=O)C1. The highest BCUT2D eigenvalue weighted by atomic mass is 32.2. The van der Waals surface area contributed by atoms with Crippen LogP contribution in [0.1, 0.15) is 18.9 Å². The summed E-state index contributed by atoms with van der Waals surface area (Å²) in [5.74, 6) is 0.345. The minimum Gasteiger partial charge on any atom is -0.351 e. The number of likely N-dealkylation sites (N-methyl/N-ethyl adjacent to an activating group) is 1. The molecule has 1 N–H and O–H groups in total. The van der Waals surface area contributed by atoms with Crippen molar-refractivity contribution in [1.82, 2.24) is 10.2 Å². The van der Waals surface area contributed by atoms with Gasteiger partial charge in [0.1, 0.15) is 0 Å². The lowest BCUT2D eigenvalue weighted by Crippen LogP contribution is -2.43. The average molecular weight is 310 g/mol. The van der Waals surface area contributed by atoms with Crippen LogP contribution in [0.2, 0.25) is 0 Å². The van der Waals surface area contributed by atoms with Crippen molar-refractivity contribution < 1.29 is 13.2 Å². The molecule has 1 atom stereocenters. The first-order valence-electron chi connectivity index (χ1n) is 7.25. The second-order valence-corrected chi connectivity index (χ2v) is 7.61. The molecule has 5 nitrogen and oxygen atoms in total. The fourth-order valence-corrected chi connectivity index (χ4v) is 4.36. The van der Waals surface area contributed by atoms with Crippen LogP contribution in [0.3, 0.4) is 0 Å². The minimum absolute atomic E-state index is 0.0255. The monoisotopic (exact) mass is 310 g/mol. The first-order valence-corrected chi connectivity index (χ1v) is 9.07. The minimum atomic E-state index is -2.92. The first-order chi connectivity index (χ1) is 10.00. The Balaban J connectivity index is 1.83. The number of nitrogens with zero attached hydrogens (tertiary/aromatic N) is 1. The molecule has 1 saturated heterocycles. The van der Waals surface area contributed by atoms with Gasteiger partial charge in [0.05, 0.1) is 18.1 Å². The lowest BCUT2D eigenvalue weighted by molar-refractivity contribution is -0.122. The normalized spacial score (nSPS) is 20.6. The molecular formula is C15H22N2O3S. The van der Waals surface area contributed by atoms with Gasteiger partial charge in [-0.15, -0.1) is 0 Å². The average Bonchev–Trinajstić information content (AvgIpc) is 2.83. The Morgan fingerprint density at radius 1 is 1.33 bits per heavy atom. The Morgan fingerprint density at radius 3 is 2.62 bits per heavy atom. The summed E-state index contributed by atoms with van der Waals surface area (Å²) in [6.07, 6.45) is 0.627. The molecule has 116 valence electrons. The molecule has 1 fully saturated rings. The van der Waals surface area contributed by atoms with Gasteiger partial charge in [-0.25, -0.2) is 8.42 Å².